The van der Waals surface area contributed by atoms with Crippen LogP contribution in [0.3, 0.4) is 0 Å². The zero-order chi connectivity index (χ0) is 19.2. The zero-order valence-corrected chi connectivity index (χ0v) is 15.7. The first-order chi connectivity index (χ1) is 13.0. The van der Waals surface area contributed by atoms with Crippen molar-refractivity contribution >= 4 is 35.5 Å². The Morgan fingerprint density at radius 2 is 2.22 bits per heavy atom. The molecule has 4 N–H and O–H groups in total. The number of benzene rings is 1. The highest BCUT2D eigenvalue weighted by molar-refractivity contribution is 7.99. The number of aryl methyl sites for hydroxylation is 2. The molecule has 0 aliphatic rings. The van der Waals surface area contributed by atoms with Gasteiger partial charge in [0.15, 0.2) is 0 Å². The molecular weight excluding hydrogens is 366 g/mol. The number of hydrogen-bond donors (Lipinski definition) is 3. The van der Waals surface area contributed by atoms with Crippen molar-refractivity contribution in [3.63, 3.8) is 0 Å². The lowest BCUT2D eigenvalue weighted by Crippen LogP contribution is -2.17. The van der Waals surface area contributed by atoms with Crippen LogP contribution in [0, 0.1) is 13.8 Å². The first-order valence-corrected chi connectivity index (χ1v) is 9.04. The molecule has 0 spiro atoms. The van der Waals surface area contributed by atoms with E-state index >= 15 is 0 Å². The van der Waals surface area contributed by atoms with Gasteiger partial charge in [-0.1, -0.05) is 23.9 Å². The third-order valence-electron chi connectivity index (χ3n) is 3.56. The van der Waals surface area contributed by atoms with E-state index in [1.54, 1.807) is 18.4 Å². The van der Waals surface area contributed by atoms with Gasteiger partial charge < -0.3 is 15.6 Å². The van der Waals surface area contributed by atoms with Crippen LogP contribution in [0.5, 0.6) is 0 Å². The number of nitrogens with one attached hydrogen (secondary N) is 2. The fraction of sp³-hybridized carbons (Fsp3) is 0.176. The fourth-order valence-corrected chi connectivity index (χ4v) is 2.81. The van der Waals surface area contributed by atoms with Crippen LogP contribution in [0.4, 0.5) is 11.6 Å². The highest BCUT2D eigenvalue weighted by atomic mass is 32.2. The van der Waals surface area contributed by atoms with E-state index in [1.807, 2.05) is 32.0 Å². The first-order valence-electron chi connectivity index (χ1n) is 8.06. The van der Waals surface area contributed by atoms with E-state index in [4.69, 9.17) is 10.3 Å². The van der Waals surface area contributed by atoms with Gasteiger partial charge in [0.1, 0.15) is 5.76 Å². The molecule has 9 nitrogen and oxygen atoms in total. The summed E-state index contributed by atoms with van der Waals surface area (Å²) in [4.78, 5) is 12.2. The van der Waals surface area contributed by atoms with Crippen LogP contribution in [-0.2, 0) is 4.79 Å². The van der Waals surface area contributed by atoms with E-state index in [-0.39, 0.29) is 17.6 Å². The van der Waals surface area contributed by atoms with E-state index < -0.39 is 0 Å². The van der Waals surface area contributed by atoms with Gasteiger partial charge in [0, 0.05) is 5.69 Å². The van der Waals surface area contributed by atoms with Crippen molar-refractivity contribution in [2.75, 3.05) is 22.3 Å². The second kappa shape index (κ2) is 8.41. The van der Waals surface area contributed by atoms with Crippen LogP contribution >= 0.6 is 11.8 Å². The third-order valence-corrected chi connectivity index (χ3v) is 4.51. The highest BCUT2D eigenvalue weighted by Crippen LogP contribution is 2.19. The van der Waals surface area contributed by atoms with Crippen molar-refractivity contribution in [2.45, 2.75) is 19.0 Å². The lowest BCUT2D eigenvalue weighted by Gasteiger charge is -2.09. The predicted molar refractivity (Wildman–Crippen MR) is 105 cm³/mol. The quantitative estimate of drug-likeness (QED) is 0.247. The molecule has 27 heavy (non-hydrogen) atoms. The number of nitrogens with zero attached hydrogens (tertiary/aromatic N) is 4. The average molecular weight is 385 g/mol. The smallest absolute Gasteiger partial charge is 0.264 e. The number of carbonyl (C=O) groups is 1. The second-order valence-corrected chi connectivity index (χ2v) is 6.66. The molecule has 3 aromatic rings. The van der Waals surface area contributed by atoms with Crippen molar-refractivity contribution in [3.05, 3.63) is 53.5 Å². The van der Waals surface area contributed by atoms with Crippen molar-refractivity contribution in [1.82, 2.24) is 14.9 Å². The van der Waals surface area contributed by atoms with Crippen molar-refractivity contribution < 1.29 is 9.21 Å². The Labute approximate surface area is 160 Å². The molecule has 1 amide bonds. The Kier molecular flexibility index (Phi) is 5.77. The van der Waals surface area contributed by atoms with Gasteiger partial charge >= 0.3 is 0 Å². The molecule has 10 heteroatoms. The number of nitrogen functional groups attached to an aromatic ring is 1. The summed E-state index contributed by atoms with van der Waals surface area (Å²) in [5, 5.41) is 15.1. The molecule has 0 unspecified atom stereocenters. The maximum absolute atomic E-state index is 12.2. The highest BCUT2D eigenvalue weighted by Gasteiger charge is 2.12. The number of anilines is 2. The number of aromatic nitrogens is 3. The Morgan fingerprint density at radius 1 is 1.37 bits per heavy atom. The average Bonchev–Trinajstić information content (AvgIpc) is 3.27. The summed E-state index contributed by atoms with van der Waals surface area (Å²) in [5.41, 5.74) is 5.55. The largest absolute Gasteiger partial charge is 0.463 e. The van der Waals surface area contributed by atoms with Gasteiger partial charge in [0.05, 0.1) is 18.2 Å². The minimum absolute atomic E-state index is 0.151. The van der Waals surface area contributed by atoms with Crippen LogP contribution in [0.1, 0.15) is 16.9 Å². The number of carbonyl (C=O) groups excluding carboxylic acids is 1. The molecule has 1 aromatic carbocycles. The number of thioether (sulfide) groups is 1. The number of hydrazone groups is 1. The summed E-state index contributed by atoms with van der Waals surface area (Å²) >= 11 is 1.18. The van der Waals surface area contributed by atoms with Gasteiger partial charge in [-0.2, -0.15) is 5.10 Å². The summed E-state index contributed by atoms with van der Waals surface area (Å²) in [7, 11) is 0. The van der Waals surface area contributed by atoms with Gasteiger partial charge in [-0.15, -0.1) is 10.2 Å². The maximum atomic E-state index is 12.2. The van der Waals surface area contributed by atoms with E-state index in [2.05, 4.69) is 26.0 Å². The first kappa shape index (κ1) is 18.5. The molecular formula is C17H19N7O2S. The number of rotatable bonds is 7. The van der Waals surface area contributed by atoms with Gasteiger partial charge in [-0.25, -0.2) is 10.1 Å². The van der Waals surface area contributed by atoms with Gasteiger partial charge in [-0.3, -0.25) is 4.79 Å². The van der Waals surface area contributed by atoms with Gasteiger partial charge in [0.25, 0.3) is 5.95 Å². The molecule has 3 rings (SSSR count). The molecule has 0 radical (unpaired) electrons. The molecule has 140 valence electrons. The Balaban J connectivity index is 1.54. The van der Waals surface area contributed by atoms with E-state index in [0.29, 0.717) is 10.9 Å². The monoisotopic (exact) mass is 385 g/mol. The van der Waals surface area contributed by atoms with Crippen molar-refractivity contribution in [1.29, 1.82) is 0 Å². The van der Waals surface area contributed by atoms with Crippen molar-refractivity contribution in [2.24, 2.45) is 5.10 Å². The van der Waals surface area contributed by atoms with Crippen LogP contribution in [-0.4, -0.2) is 32.7 Å². The normalized spacial score (nSPS) is 11.0. The molecule has 0 aliphatic carbocycles. The molecule has 0 saturated heterocycles. The molecule has 0 fully saturated rings. The van der Waals surface area contributed by atoms with E-state index in [1.165, 1.54) is 22.7 Å². The van der Waals surface area contributed by atoms with Gasteiger partial charge in [0.2, 0.25) is 11.1 Å². The zero-order valence-electron chi connectivity index (χ0n) is 14.8. The summed E-state index contributed by atoms with van der Waals surface area (Å²) in [5.74, 6) is 6.76. The van der Waals surface area contributed by atoms with Crippen LogP contribution in [0.15, 0.2) is 51.3 Å². The number of hydrogen-bond acceptors (Lipinski definition) is 8. The number of nitrogens with two attached hydrogens (primary N) is 1. The lowest BCUT2D eigenvalue weighted by atomic mass is 10.1. The molecule has 0 aliphatic heterocycles. The molecule has 2 heterocycles. The molecule has 2 aromatic heterocycles. The number of amides is 1. The predicted octanol–water partition coefficient (Wildman–Crippen LogP) is 2.38. The van der Waals surface area contributed by atoms with E-state index in [0.717, 1.165) is 16.8 Å². The topological polar surface area (TPSA) is 123 Å². The minimum Gasteiger partial charge on any atom is -0.463 e. The third kappa shape index (κ3) is 4.88. The Hall–Kier alpha value is -3.27. The van der Waals surface area contributed by atoms with Gasteiger partial charge in [-0.05, 0) is 43.2 Å². The summed E-state index contributed by atoms with van der Waals surface area (Å²) in [6, 6.07) is 9.41. The van der Waals surface area contributed by atoms with Crippen LogP contribution in [0.25, 0.3) is 0 Å². The standard InChI is InChI=1S/C17H19N7O2S/c1-11-5-6-12(2)14(8-11)20-15(25)10-27-17-23-22-16(24(17)18)21-19-9-13-4-3-7-26-13/h3-9H,10,18H2,1-2H3,(H,20,25)(H,21,22)/b19-9+. The summed E-state index contributed by atoms with van der Waals surface area (Å²) in [6.45, 7) is 3.92. The summed E-state index contributed by atoms with van der Waals surface area (Å²) < 4.78 is 6.36. The SMILES string of the molecule is Cc1ccc(C)c(NC(=O)CSc2nnc(N/N=C/c3ccco3)n2N)c1. The molecule has 0 atom stereocenters. The fourth-order valence-electron chi connectivity index (χ4n) is 2.16. The molecule has 0 bridgehead atoms. The molecule has 0 saturated carbocycles. The lowest BCUT2D eigenvalue weighted by molar-refractivity contribution is -0.113. The minimum atomic E-state index is -0.151. The Morgan fingerprint density at radius 3 is 3.00 bits per heavy atom. The second-order valence-electron chi connectivity index (χ2n) is 5.72. The number of furan rings is 1. The van der Waals surface area contributed by atoms with Crippen LogP contribution < -0.4 is 16.6 Å². The maximum Gasteiger partial charge on any atom is 0.264 e. The Bertz CT molecular complexity index is 950. The van der Waals surface area contributed by atoms with Crippen molar-refractivity contribution in [3.8, 4) is 0 Å². The van der Waals surface area contributed by atoms with E-state index in [9.17, 15) is 4.79 Å². The summed E-state index contributed by atoms with van der Waals surface area (Å²) in [6.07, 6.45) is 3.03. The van der Waals surface area contributed by atoms with Crippen LogP contribution in [0.2, 0.25) is 0 Å².